The Labute approximate surface area is 123 Å². The van der Waals surface area contributed by atoms with Gasteiger partial charge in [-0.25, -0.2) is 0 Å². The molecule has 0 amide bonds. The van der Waals surface area contributed by atoms with Crippen molar-refractivity contribution in [3.05, 3.63) is 29.8 Å². The molecule has 0 radical (unpaired) electrons. The van der Waals surface area contributed by atoms with Crippen molar-refractivity contribution in [2.45, 2.75) is 50.7 Å². The van der Waals surface area contributed by atoms with Gasteiger partial charge < -0.3 is 10.4 Å². The van der Waals surface area contributed by atoms with E-state index in [2.05, 4.69) is 5.32 Å². The Hall–Kier alpha value is -1.23. The average molecular weight is 301 g/mol. The third kappa shape index (κ3) is 4.92. The van der Waals surface area contributed by atoms with Crippen LogP contribution in [0.15, 0.2) is 24.3 Å². The molecule has 0 heterocycles. The quantitative estimate of drug-likeness (QED) is 0.856. The standard InChI is InChI=1S/C16H22F3NO/c17-16(18,19)13-6-8-14(9-7-13)20-15-5-1-3-12(11-15)4-2-10-21/h1,3,5,11,13-14,20-21H,2,4,6-10H2. The summed E-state index contributed by atoms with van der Waals surface area (Å²) < 4.78 is 37.9. The van der Waals surface area contributed by atoms with Gasteiger partial charge in [-0.1, -0.05) is 12.1 Å². The molecule has 1 aromatic rings. The highest BCUT2D eigenvalue weighted by Gasteiger charge is 2.41. The van der Waals surface area contributed by atoms with E-state index >= 15 is 0 Å². The second kappa shape index (κ2) is 7.16. The van der Waals surface area contributed by atoms with Gasteiger partial charge >= 0.3 is 6.18 Å². The number of anilines is 1. The smallest absolute Gasteiger partial charge is 0.391 e. The second-order valence-corrected chi connectivity index (χ2v) is 5.76. The predicted molar refractivity (Wildman–Crippen MR) is 77.3 cm³/mol. The Morgan fingerprint density at radius 1 is 1.14 bits per heavy atom. The number of aliphatic hydroxyl groups is 1. The normalized spacial score (nSPS) is 23.0. The summed E-state index contributed by atoms with van der Waals surface area (Å²) >= 11 is 0. The van der Waals surface area contributed by atoms with Gasteiger partial charge in [-0.05, 0) is 56.2 Å². The fraction of sp³-hybridized carbons (Fsp3) is 0.625. The highest BCUT2D eigenvalue weighted by Crippen LogP contribution is 2.38. The fourth-order valence-electron chi connectivity index (χ4n) is 2.90. The minimum Gasteiger partial charge on any atom is -0.396 e. The summed E-state index contributed by atoms with van der Waals surface area (Å²) in [6.07, 6.45) is -0.963. The molecule has 0 saturated heterocycles. The molecule has 2 N–H and O–H groups in total. The van der Waals surface area contributed by atoms with Crippen LogP contribution >= 0.6 is 0 Å². The average Bonchev–Trinajstić information content (AvgIpc) is 2.45. The van der Waals surface area contributed by atoms with E-state index in [9.17, 15) is 13.2 Å². The van der Waals surface area contributed by atoms with Gasteiger partial charge in [0.05, 0.1) is 5.92 Å². The zero-order valence-electron chi connectivity index (χ0n) is 12.0. The van der Waals surface area contributed by atoms with Gasteiger partial charge in [0.25, 0.3) is 0 Å². The molecule has 1 saturated carbocycles. The van der Waals surface area contributed by atoms with Gasteiger partial charge in [-0.15, -0.1) is 0 Å². The zero-order valence-corrected chi connectivity index (χ0v) is 12.0. The molecule has 2 nitrogen and oxygen atoms in total. The predicted octanol–water partition coefficient (Wildman–Crippen LogP) is 4.14. The van der Waals surface area contributed by atoms with Crippen molar-refractivity contribution in [3.8, 4) is 0 Å². The van der Waals surface area contributed by atoms with Crippen molar-refractivity contribution in [3.63, 3.8) is 0 Å². The number of nitrogens with one attached hydrogen (secondary N) is 1. The van der Waals surface area contributed by atoms with Crippen molar-refractivity contribution in [1.82, 2.24) is 0 Å². The summed E-state index contributed by atoms with van der Waals surface area (Å²) in [7, 11) is 0. The topological polar surface area (TPSA) is 32.3 Å². The van der Waals surface area contributed by atoms with Crippen LogP contribution < -0.4 is 5.32 Å². The van der Waals surface area contributed by atoms with Gasteiger partial charge in [0, 0.05) is 18.3 Å². The van der Waals surface area contributed by atoms with Crippen molar-refractivity contribution < 1.29 is 18.3 Å². The maximum atomic E-state index is 12.6. The third-order valence-electron chi connectivity index (χ3n) is 4.11. The lowest BCUT2D eigenvalue weighted by molar-refractivity contribution is -0.182. The van der Waals surface area contributed by atoms with E-state index in [0.717, 1.165) is 24.1 Å². The number of halogens is 3. The molecule has 2 rings (SSSR count). The van der Waals surface area contributed by atoms with Crippen LogP contribution in [-0.4, -0.2) is 23.9 Å². The minimum atomic E-state index is -4.05. The molecule has 5 heteroatoms. The van der Waals surface area contributed by atoms with Crippen LogP contribution in [0, 0.1) is 5.92 Å². The van der Waals surface area contributed by atoms with E-state index in [1.165, 1.54) is 0 Å². The molecule has 0 aliphatic heterocycles. The maximum absolute atomic E-state index is 12.6. The Morgan fingerprint density at radius 2 is 1.86 bits per heavy atom. The van der Waals surface area contributed by atoms with E-state index in [1.54, 1.807) is 0 Å². The van der Waals surface area contributed by atoms with E-state index in [0.29, 0.717) is 12.8 Å². The van der Waals surface area contributed by atoms with Crippen molar-refractivity contribution in [1.29, 1.82) is 0 Å². The molecule has 0 spiro atoms. The van der Waals surface area contributed by atoms with Crippen LogP contribution in [0.2, 0.25) is 0 Å². The summed E-state index contributed by atoms with van der Waals surface area (Å²) in [5.74, 6) is -1.13. The first-order chi connectivity index (χ1) is 9.99. The van der Waals surface area contributed by atoms with Gasteiger partial charge in [0.2, 0.25) is 0 Å². The van der Waals surface area contributed by atoms with Crippen LogP contribution in [0.4, 0.5) is 18.9 Å². The largest absolute Gasteiger partial charge is 0.396 e. The zero-order chi connectivity index (χ0) is 15.3. The first-order valence-electron chi connectivity index (χ1n) is 7.52. The molecular weight excluding hydrogens is 279 g/mol. The van der Waals surface area contributed by atoms with Crippen LogP contribution in [-0.2, 0) is 6.42 Å². The summed E-state index contributed by atoms with van der Waals surface area (Å²) in [5, 5.41) is 12.2. The Balaban J connectivity index is 1.86. The van der Waals surface area contributed by atoms with Gasteiger partial charge in [0.15, 0.2) is 0 Å². The number of rotatable bonds is 5. The Morgan fingerprint density at radius 3 is 2.48 bits per heavy atom. The summed E-state index contributed by atoms with van der Waals surface area (Å²) in [6.45, 7) is 0.166. The number of hydrogen-bond acceptors (Lipinski definition) is 2. The van der Waals surface area contributed by atoms with E-state index in [1.807, 2.05) is 24.3 Å². The van der Waals surface area contributed by atoms with Gasteiger partial charge in [0.1, 0.15) is 0 Å². The van der Waals surface area contributed by atoms with E-state index in [4.69, 9.17) is 5.11 Å². The molecule has 21 heavy (non-hydrogen) atoms. The molecule has 0 atom stereocenters. The van der Waals surface area contributed by atoms with Gasteiger partial charge in [-0.3, -0.25) is 0 Å². The number of benzene rings is 1. The minimum absolute atomic E-state index is 0.122. The van der Waals surface area contributed by atoms with Crippen LogP contribution in [0.3, 0.4) is 0 Å². The summed E-state index contributed by atoms with van der Waals surface area (Å²) in [6, 6.07) is 8.03. The molecule has 1 aliphatic carbocycles. The van der Waals surface area contributed by atoms with E-state index < -0.39 is 12.1 Å². The van der Waals surface area contributed by atoms with Crippen LogP contribution in [0.5, 0.6) is 0 Å². The first-order valence-corrected chi connectivity index (χ1v) is 7.52. The molecule has 1 aliphatic rings. The SMILES string of the molecule is OCCCc1cccc(NC2CCC(C(F)(F)F)CC2)c1. The summed E-state index contributed by atoms with van der Waals surface area (Å²) in [4.78, 5) is 0. The van der Waals surface area contributed by atoms with Crippen molar-refractivity contribution in [2.75, 3.05) is 11.9 Å². The molecule has 0 aromatic heterocycles. The molecule has 1 aromatic carbocycles. The van der Waals surface area contributed by atoms with E-state index in [-0.39, 0.29) is 25.5 Å². The molecule has 1 fully saturated rings. The highest BCUT2D eigenvalue weighted by molar-refractivity contribution is 5.46. The second-order valence-electron chi connectivity index (χ2n) is 5.76. The number of hydrogen-bond donors (Lipinski definition) is 2. The van der Waals surface area contributed by atoms with Crippen molar-refractivity contribution >= 4 is 5.69 Å². The Bertz CT molecular complexity index is 439. The Kier molecular flexibility index (Phi) is 5.51. The first kappa shape index (κ1) is 16.1. The fourth-order valence-corrected chi connectivity index (χ4v) is 2.90. The lowest BCUT2D eigenvalue weighted by Crippen LogP contribution is -2.32. The molecular formula is C16H22F3NO. The number of aryl methyl sites for hydroxylation is 1. The highest BCUT2D eigenvalue weighted by atomic mass is 19.4. The van der Waals surface area contributed by atoms with Gasteiger partial charge in [-0.2, -0.15) is 13.2 Å². The lowest BCUT2D eigenvalue weighted by Gasteiger charge is -2.31. The van der Waals surface area contributed by atoms with Crippen LogP contribution in [0.25, 0.3) is 0 Å². The monoisotopic (exact) mass is 301 g/mol. The maximum Gasteiger partial charge on any atom is 0.391 e. The van der Waals surface area contributed by atoms with Crippen LogP contribution in [0.1, 0.15) is 37.7 Å². The van der Waals surface area contributed by atoms with Crippen molar-refractivity contribution in [2.24, 2.45) is 5.92 Å². The number of aliphatic hydroxyl groups excluding tert-OH is 1. The lowest BCUT2D eigenvalue weighted by atomic mass is 9.85. The molecule has 118 valence electrons. The molecule has 0 bridgehead atoms. The summed E-state index contributed by atoms with van der Waals surface area (Å²) in [5.41, 5.74) is 2.10. The molecule has 0 unspecified atom stereocenters. The third-order valence-corrected chi connectivity index (χ3v) is 4.11. The number of alkyl halides is 3.